The molecule has 1 aromatic carbocycles. The van der Waals surface area contributed by atoms with E-state index in [0.717, 1.165) is 38.0 Å². The van der Waals surface area contributed by atoms with Gasteiger partial charge < -0.3 is 10.6 Å². The molecule has 1 aliphatic heterocycles. The second kappa shape index (κ2) is 8.05. The maximum absolute atomic E-state index is 11.9. The van der Waals surface area contributed by atoms with E-state index >= 15 is 0 Å². The van der Waals surface area contributed by atoms with Gasteiger partial charge in [-0.2, -0.15) is 0 Å². The van der Waals surface area contributed by atoms with Crippen LogP contribution >= 0.6 is 0 Å². The molecule has 1 heterocycles. The molecule has 2 N–H and O–H groups in total. The van der Waals surface area contributed by atoms with E-state index in [9.17, 15) is 4.79 Å². The Hall–Kier alpha value is -1.35. The number of benzene rings is 1. The molecule has 0 aliphatic carbocycles. The van der Waals surface area contributed by atoms with Gasteiger partial charge in [0.25, 0.3) is 0 Å². The van der Waals surface area contributed by atoms with Gasteiger partial charge in [-0.05, 0) is 62.4 Å². The third-order valence-electron chi connectivity index (χ3n) is 3.95. The number of aryl methyl sites for hydroxylation is 1. The monoisotopic (exact) mass is 274 g/mol. The fourth-order valence-electron chi connectivity index (χ4n) is 2.77. The summed E-state index contributed by atoms with van der Waals surface area (Å²) in [4.78, 5) is 11.9. The van der Waals surface area contributed by atoms with Gasteiger partial charge in [-0.15, -0.1) is 0 Å². The van der Waals surface area contributed by atoms with Gasteiger partial charge in [0.1, 0.15) is 0 Å². The lowest BCUT2D eigenvalue weighted by Crippen LogP contribution is -2.30. The van der Waals surface area contributed by atoms with Crippen molar-refractivity contribution in [2.45, 2.75) is 45.4 Å². The minimum Gasteiger partial charge on any atom is -0.326 e. The van der Waals surface area contributed by atoms with Gasteiger partial charge in [-0.3, -0.25) is 4.79 Å². The van der Waals surface area contributed by atoms with E-state index in [4.69, 9.17) is 0 Å². The van der Waals surface area contributed by atoms with Crippen LogP contribution in [0, 0.1) is 5.92 Å². The molecule has 2 rings (SSSR count). The quantitative estimate of drug-likeness (QED) is 0.835. The van der Waals surface area contributed by atoms with Gasteiger partial charge in [-0.1, -0.05) is 25.5 Å². The van der Waals surface area contributed by atoms with Crippen LogP contribution in [0.4, 0.5) is 5.69 Å². The van der Waals surface area contributed by atoms with Crippen LogP contribution in [0.1, 0.15) is 44.6 Å². The van der Waals surface area contributed by atoms with E-state index in [0.29, 0.717) is 12.3 Å². The van der Waals surface area contributed by atoms with Crippen molar-refractivity contribution in [3.8, 4) is 0 Å². The van der Waals surface area contributed by atoms with E-state index in [1.807, 2.05) is 12.1 Å². The average molecular weight is 274 g/mol. The van der Waals surface area contributed by atoms with Crippen molar-refractivity contribution in [1.82, 2.24) is 5.32 Å². The first-order chi connectivity index (χ1) is 9.78. The lowest BCUT2D eigenvalue weighted by Gasteiger charge is -2.22. The van der Waals surface area contributed by atoms with Gasteiger partial charge in [0.2, 0.25) is 5.91 Å². The maximum Gasteiger partial charge on any atom is 0.224 e. The Morgan fingerprint density at radius 3 is 2.80 bits per heavy atom. The molecule has 20 heavy (non-hydrogen) atoms. The SMILES string of the molecule is CCCc1ccc(NC(=O)CCC2CCCNC2)cc1. The molecule has 0 spiro atoms. The Balaban J connectivity index is 1.73. The van der Waals surface area contributed by atoms with Crippen LogP contribution < -0.4 is 10.6 Å². The van der Waals surface area contributed by atoms with Gasteiger partial charge in [0, 0.05) is 12.1 Å². The van der Waals surface area contributed by atoms with Crippen LogP contribution in [0.25, 0.3) is 0 Å². The Kier molecular flexibility index (Phi) is 6.06. The third kappa shape index (κ3) is 4.97. The molecule has 0 aromatic heterocycles. The summed E-state index contributed by atoms with van der Waals surface area (Å²) in [6, 6.07) is 8.21. The number of carbonyl (C=O) groups is 1. The fraction of sp³-hybridized carbons (Fsp3) is 0.588. The molecule has 1 unspecified atom stereocenters. The molecule has 0 saturated carbocycles. The fourth-order valence-corrected chi connectivity index (χ4v) is 2.77. The smallest absolute Gasteiger partial charge is 0.224 e. The van der Waals surface area contributed by atoms with Crippen molar-refractivity contribution < 1.29 is 4.79 Å². The van der Waals surface area contributed by atoms with Gasteiger partial charge in [0.05, 0.1) is 0 Å². The number of nitrogens with one attached hydrogen (secondary N) is 2. The van der Waals surface area contributed by atoms with E-state index in [1.54, 1.807) is 0 Å². The van der Waals surface area contributed by atoms with E-state index in [1.165, 1.54) is 18.4 Å². The Morgan fingerprint density at radius 1 is 1.35 bits per heavy atom. The number of rotatable bonds is 6. The average Bonchev–Trinajstić information content (AvgIpc) is 2.49. The summed E-state index contributed by atoms with van der Waals surface area (Å²) >= 11 is 0. The normalized spacial score (nSPS) is 18.8. The summed E-state index contributed by atoms with van der Waals surface area (Å²) in [5.74, 6) is 0.806. The van der Waals surface area contributed by atoms with Crippen LogP contribution in [-0.2, 0) is 11.2 Å². The molecule has 1 saturated heterocycles. The molecule has 0 bridgehead atoms. The highest BCUT2D eigenvalue weighted by atomic mass is 16.1. The topological polar surface area (TPSA) is 41.1 Å². The molecular weight excluding hydrogens is 248 g/mol. The first kappa shape index (κ1) is 15.0. The first-order valence-electron chi connectivity index (χ1n) is 7.87. The number of anilines is 1. The summed E-state index contributed by atoms with van der Waals surface area (Å²) < 4.78 is 0. The van der Waals surface area contributed by atoms with Crippen molar-refractivity contribution in [3.05, 3.63) is 29.8 Å². The highest BCUT2D eigenvalue weighted by molar-refractivity contribution is 5.90. The lowest BCUT2D eigenvalue weighted by molar-refractivity contribution is -0.116. The Morgan fingerprint density at radius 2 is 2.15 bits per heavy atom. The Bertz CT molecular complexity index is 408. The number of hydrogen-bond acceptors (Lipinski definition) is 2. The summed E-state index contributed by atoms with van der Waals surface area (Å²) in [5.41, 5.74) is 2.25. The molecule has 1 amide bonds. The zero-order valence-electron chi connectivity index (χ0n) is 12.5. The minimum atomic E-state index is 0.138. The number of hydrogen-bond donors (Lipinski definition) is 2. The molecule has 3 nitrogen and oxygen atoms in total. The third-order valence-corrected chi connectivity index (χ3v) is 3.95. The highest BCUT2D eigenvalue weighted by Gasteiger charge is 2.14. The van der Waals surface area contributed by atoms with Gasteiger partial charge in [-0.25, -0.2) is 0 Å². The summed E-state index contributed by atoms with van der Waals surface area (Å²) in [6.45, 7) is 4.38. The van der Waals surface area contributed by atoms with Crippen LogP contribution in [0.15, 0.2) is 24.3 Å². The number of carbonyl (C=O) groups excluding carboxylic acids is 1. The molecule has 110 valence electrons. The number of amides is 1. The van der Waals surface area contributed by atoms with Gasteiger partial charge >= 0.3 is 0 Å². The zero-order valence-corrected chi connectivity index (χ0v) is 12.5. The minimum absolute atomic E-state index is 0.138. The van der Waals surface area contributed by atoms with Crippen molar-refractivity contribution in [1.29, 1.82) is 0 Å². The standard InChI is InChI=1S/C17H26N2O/c1-2-4-14-6-9-16(10-7-14)19-17(20)11-8-15-5-3-12-18-13-15/h6-7,9-10,15,18H,2-5,8,11-13H2,1H3,(H,19,20). The summed E-state index contributed by atoms with van der Waals surface area (Å²) in [6.07, 6.45) is 6.37. The van der Waals surface area contributed by atoms with Crippen LogP contribution in [0.3, 0.4) is 0 Å². The number of piperidine rings is 1. The van der Waals surface area contributed by atoms with Crippen LogP contribution in [0.2, 0.25) is 0 Å². The summed E-state index contributed by atoms with van der Waals surface area (Å²) in [5, 5.41) is 6.39. The van der Waals surface area contributed by atoms with Crippen molar-refractivity contribution in [2.75, 3.05) is 18.4 Å². The van der Waals surface area contributed by atoms with Crippen LogP contribution in [0.5, 0.6) is 0 Å². The van der Waals surface area contributed by atoms with Crippen molar-refractivity contribution in [3.63, 3.8) is 0 Å². The van der Waals surface area contributed by atoms with Gasteiger partial charge in [0.15, 0.2) is 0 Å². The highest BCUT2D eigenvalue weighted by Crippen LogP contribution is 2.17. The summed E-state index contributed by atoms with van der Waals surface area (Å²) in [7, 11) is 0. The van der Waals surface area contributed by atoms with E-state index in [-0.39, 0.29) is 5.91 Å². The zero-order chi connectivity index (χ0) is 14.2. The first-order valence-corrected chi connectivity index (χ1v) is 7.87. The second-order valence-electron chi connectivity index (χ2n) is 5.75. The van der Waals surface area contributed by atoms with Crippen molar-refractivity contribution in [2.24, 2.45) is 5.92 Å². The predicted octanol–water partition coefficient (Wildman–Crippen LogP) is 3.36. The molecule has 1 aliphatic rings. The largest absolute Gasteiger partial charge is 0.326 e. The Labute approximate surface area is 122 Å². The van der Waals surface area contributed by atoms with E-state index < -0.39 is 0 Å². The molecule has 0 radical (unpaired) electrons. The second-order valence-corrected chi connectivity index (χ2v) is 5.75. The molecule has 1 aromatic rings. The van der Waals surface area contributed by atoms with Crippen molar-refractivity contribution >= 4 is 11.6 Å². The van der Waals surface area contributed by atoms with E-state index in [2.05, 4.69) is 29.7 Å². The predicted molar refractivity (Wildman–Crippen MR) is 83.9 cm³/mol. The lowest BCUT2D eigenvalue weighted by atomic mass is 9.94. The van der Waals surface area contributed by atoms with Crippen LogP contribution in [-0.4, -0.2) is 19.0 Å². The maximum atomic E-state index is 11.9. The molecule has 3 heteroatoms. The molecular formula is C17H26N2O. The molecule has 1 atom stereocenters. The molecule has 1 fully saturated rings.